The van der Waals surface area contributed by atoms with Crippen molar-refractivity contribution < 1.29 is 0 Å². The Morgan fingerprint density at radius 2 is 2.07 bits per heavy atom. The third kappa shape index (κ3) is 4.46. The van der Waals surface area contributed by atoms with Crippen LogP contribution in [-0.4, -0.2) is 42.6 Å². The smallest absolute Gasteiger partial charge is 0.141 e. The van der Waals surface area contributed by atoms with Gasteiger partial charge in [-0.15, -0.1) is 0 Å². The molecule has 1 atom stereocenters. The van der Waals surface area contributed by atoms with Gasteiger partial charge < -0.3 is 10.2 Å². The monoisotopic (exact) mass is 382 g/mol. The highest BCUT2D eigenvalue weighted by molar-refractivity contribution is 8.06. The zero-order chi connectivity index (χ0) is 19.4. The maximum atomic E-state index is 4.88. The minimum absolute atomic E-state index is 0.356. The SMILES string of the molecule is C=C(S/C=C\C)C1=NCC(C(/C=C\C)=NC)=C2CC(NC(=C)C3CC3)CN12. The maximum absolute atomic E-state index is 4.88. The quantitative estimate of drug-likeness (QED) is 0.620. The Balaban J connectivity index is 1.87. The van der Waals surface area contributed by atoms with Gasteiger partial charge in [-0.1, -0.05) is 37.1 Å². The van der Waals surface area contributed by atoms with Crippen molar-refractivity contribution in [1.82, 2.24) is 10.2 Å². The molecule has 0 spiro atoms. The number of rotatable bonds is 8. The molecular weight excluding hydrogens is 352 g/mol. The van der Waals surface area contributed by atoms with Gasteiger partial charge in [0.05, 0.1) is 12.3 Å². The van der Waals surface area contributed by atoms with E-state index in [-0.39, 0.29) is 0 Å². The molecular formula is C22H30N4S. The molecule has 0 aromatic carbocycles. The van der Waals surface area contributed by atoms with Gasteiger partial charge in [0.1, 0.15) is 5.84 Å². The molecule has 1 unspecified atom stereocenters. The molecule has 0 aromatic heterocycles. The number of nitrogens with one attached hydrogen (secondary N) is 1. The minimum atomic E-state index is 0.356. The summed E-state index contributed by atoms with van der Waals surface area (Å²) in [4.78, 5) is 12.7. The Hall–Kier alpha value is -2.01. The summed E-state index contributed by atoms with van der Waals surface area (Å²) < 4.78 is 0. The Morgan fingerprint density at radius 3 is 2.70 bits per heavy atom. The van der Waals surface area contributed by atoms with E-state index in [1.165, 1.54) is 29.8 Å². The summed E-state index contributed by atoms with van der Waals surface area (Å²) >= 11 is 1.64. The molecule has 0 aromatic rings. The van der Waals surface area contributed by atoms with E-state index in [4.69, 9.17) is 4.99 Å². The van der Waals surface area contributed by atoms with Crippen LogP contribution in [0.15, 0.2) is 68.7 Å². The number of fused-ring (bicyclic) bond motifs is 1. The average Bonchev–Trinajstić information content (AvgIpc) is 3.44. The lowest BCUT2D eigenvalue weighted by Gasteiger charge is -2.29. The molecule has 0 bridgehead atoms. The first-order valence-corrected chi connectivity index (χ1v) is 10.5. The van der Waals surface area contributed by atoms with Crippen molar-refractivity contribution in [3.05, 3.63) is 58.7 Å². The molecule has 3 aliphatic rings. The second-order valence-electron chi connectivity index (χ2n) is 7.14. The van der Waals surface area contributed by atoms with Gasteiger partial charge in [0, 0.05) is 47.9 Å². The fraction of sp³-hybridized carbons (Fsp3) is 0.455. The van der Waals surface area contributed by atoms with Crippen molar-refractivity contribution in [2.45, 2.75) is 39.2 Å². The van der Waals surface area contributed by atoms with Gasteiger partial charge in [0.15, 0.2) is 0 Å². The zero-order valence-electron chi connectivity index (χ0n) is 16.7. The largest absolute Gasteiger partial charge is 0.384 e. The first kappa shape index (κ1) is 19.7. The van der Waals surface area contributed by atoms with Gasteiger partial charge in [-0.05, 0) is 44.1 Å². The van der Waals surface area contributed by atoms with Crippen molar-refractivity contribution in [1.29, 1.82) is 0 Å². The highest BCUT2D eigenvalue weighted by Gasteiger charge is 2.37. The summed E-state index contributed by atoms with van der Waals surface area (Å²) in [5, 5.41) is 5.73. The van der Waals surface area contributed by atoms with E-state index in [9.17, 15) is 0 Å². The van der Waals surface area contributed by atoms with Gasteiger partial charge in [0.25, 0.3) is 0 Å². The Bertz CT molecular complexity index is 765. The lowest BCUT2D eigenvalue weighted by atomic mass is 10.0. The second kappa shape index (κ2) is 8.79. The number of hydrogen-bond donors (Lipinski definition) is 1. The molecule has 0 radical (unpaired) electrons. The van der Waals surface area contributed by atoms with Crippen LogP contribution < -0.4 is 5.32 Å². The van der Waals surface area contributed by atoms with Gasteiger partial charge in [-0.3, -0.25) is 9.98 Å². The fourth-order valence-electron chi connectivity index (χ4n) is 3.62. The van der Waals surface area contributed by atoms with Crippen molar-refractivity contribution >= 4 is 23.3 Å². The van der Waals surface area contributed by atoms with Gasteiger partial charge in [-0.25, -0.2) is 0 Å². The molecule has 2 fully saturated rings. The van der Waals surface area contributed by atoms with E-state index < -0.39 is 0 Å². The molecule has 27 heavy (non-hydrogen) atoms. The Morgan fingerprint density at radius 1 is 1.30 bits per heavy atom. The molecule has 2 aliphatic heterocycles. The van der Waals surface area contributed by atoms with Crippen LogP contribution in [0.1, 0.15) is 33.1 Å². The number of amidine groups is 1. The summed E-state index contributed by atoms with van der Waals surface area (Å²) in [5.41, 5.74) is 4.76. The van der Waals surface area contributed by atoms with Crippen LogP contribution in [0.25, 0.3) is 0 Å². The van der Waals surface area contributed by atoms with Crippen LogP contribution in [0, 0.1) is 5.92 Å². The average molecular weight is 383 g/mol. The third-order valence-electron chi connectivity index (χ3n) is 5.09. The third-order valence-corrected chi connectivity index (χ3v) is 5.96. The normalized spacial score (nSPS) is 23.2. The van der Waals surface area contributed by atoms with Crippen LogP contribution >= 0.6 is 11.8 Å². The number of allylic oxidation sites excluding steroid dienone is 4. The van der Waals surface area contributed by atoms with E-state index in [1.807, 2.05) is 33.0 Å². The van der Waals surface area contributed by atoms with Crippen molar-refractivity contribution in [3.63, 3.8) is 0 Å². The summed E-state index contributed by atoms with van der Waals surface area (Å²) in [6.07, 6.45) is 9.66. The summed E-state index contributed by atoms with van der Waals surface area (Å²) in [6, 6.07) is 0.356. The van der Waals surface area contributed by atoms with Crippen LogP contribution in [0.4, 0.5) is 0 Å². The van der Waals surface area contributed by atoms with Crippen LogP contribution in [0.3, 0.4) is 0 Å². The summed E-state index contributed by atoms with van der Waals surface area (Å²) in [6.45, 7) is 14.1. The first-order chi connectivity index (χ1) is 13.1. The summed E-state index contributed by atoms with van der Waals surface area (Å²) in [7, 11) is 1.85. The van der Waals surface area contributed by atoms with Gasteiger partial charge >= 0.3 is 0 Å². The molecule has 1 saturated heterocycles. The predicted molar refractivity (Wildman–Crippen MR) is 119 cm³/mol. The molecule has 5 heteroatoms. The Labute approximate surface area is 167 Å². The van der Waals surface area contributed by atoms with Crippen molar-refractivity contribution in [2.24, 2.45) is 15.9 Å². The number of thioether (sulfide) groups is 1. The lowest BCUT2D eigenvalue weighted by Crippen LogP contribution is -2.36. The van der Waals surface area contributed by atoms with Gasteiger partial charge in [-0.2, -0.15) is 0 Å². The Kier molecular flexibility index (Phi) is 6.42. The maximum Gasteiger partial charge on any atom is 0.141 e. The number of nitrogens with zero attached hydrogens (tertiary/aromatic N) is 3. The molecule has 1 aliphatic carbocycles. The van der Waals surface area contributed by atoms with Crippen LogP contribution in [0.2, 0.25) is 0 Å². The highest BCUT2D eigenvalue weighted by Crippen LogP contribution is 2.37. The number of aliphatic imine (C=N–C) groups is 2. The molecule has 2 heterocycles. The number of hydrogen-bond acceptors (Lipinski definition) is 5. The van der Waals surface area contributed by atoms with E-state index in [1.54, 1.807) is 11.8 Å². The molecule has 3 rings (SSSR count). The van der Waals surface area contributed by atoms with Crippen LogP contribution in [-0.2, 0) is 0 Å². The van der Waals surface area contributed by atoms with E-state index in [2.05, 4.69) is 39.9 Å². The fourth-order valence-corrected chi connectivity index (χ4v) is 4.20. The van der Waals surface area contributed by atoms with E-state index in [0.717, 1.165) is 29.4 Å². The van der Waals surface area contributed by atoms with Crippen LogP contribution in [0.5, 0.6) is 0 Å². The first-order valence-electron chi connectivity index (χ1n) is 9.65. The zero-order valence-corrected chi connectivity index (χ0v) is 17.5. The molecule has 4 nitrogen and oxygen atoms in total. The van der Waals surface area contributed by atoms with E-state index >= 15 is 0 Å². The van der Waals surface area contributed by atoms with E-state index in [0.29, 0.717) is 18.5 Å². The molecule has 0 amide bonds. The summed E-state index contributed by atoms with van der Waals surface area (Å²) in [5.74, 6) is 1.66. The second-order valence-corrected chi connectivity index (χ2v) is 8.14. The van der Waals surface area contributed by atoms with Crippen molar-refractivity contribution in [2.75, 3.05) is 20.1 Å². The molecule has 1 N–H and O–H groups in total. The predicted octanol–water partition coefficient (Wildman–Crippen LogP) is 4.67. The van der Waals surface area contributed by atoms with Gasteiger partial charge in [0.2, 0.25) is 0 Å². The molecule has 144 valence electrons. The lowest BCUT2D eigenvalue weighted by molar-refractivity contribution is 0.512. The van der Waals surface area contributed by atoms with Crippen molar-refractivity contribution in [3.8, 4) is 0 Å². The molecule has 1 saturated carbocycles. The minimum Gasteiger partial charge on any atom is -0.384 e. The highest BCUT2D eigenvalue weighted by atomic mass is 32.2. The standard InChI is InChI=1S/C22H30N4S/c1-6-8-20(23-5)19-13-24-22(16(4)27-11-7-2)26-14-18(12-21(19)26)25-15(3)17-9-10-17/h6-8,11,17-18,25H,3-4,9-10,12-14H2,1-2,5H3/b8-6-,11-7-,23-20?. The topological polar surface area (TPSA) is 40.0 Å².